The molecule has 4 heteroatoms. The lowest BCUT2D eigenvalue weighted by atomic mass is 10.1. The standard InChI is InChI=1S/C12H22N2OS/c1-3-10-12(15)14(11(4-2)13-10)7-9-5-6-16-8-9/h9-11,13H,3-8H2,1-2H3. The zero-order chi connectivity index (χ0) is 11.5. The van der Waals surface area contributed by atoms with E-state index in [-0.39, 0.29) is 12.2 Å². The van der Waals surface area contributed by atoms with Gasteiger partial charge in [0.05, 0.1) is 12.2 Å². The summed E-state index contributed by atoms with van der Waals surface area (Å²) in [4.78, 5) is 14.2. The summed E-state index contributed by atoms with van der Waals surface area (Å²) >= 11 is 2.02. The van der Waals surface area contributed by atoms with Crippen molar-refractivity contribution in [3.63, 3.8) is 0 Å². The Morgan fingerprint density at radius 2 is 2.25 bits per heavy atom. The summed E-state index contributed by atoms with van der Waals surface area (Å²) in [7, 11) is 0. The van der Waals surface area contributed by atoms with E-state index in [1.807, 2.05) is 11.8 Å². The van der Waals surface area contributed by atoms with Gasteiger partial charge in [0.15, 0.2) is 0 Å². The van der Waals surface area contributed by atoms with E-state index in [0.29, 0.717) is 5.91 Å². The molecule has 2 fully saturated rings. The third-order valence-corrected chi connectivity index (χ3v) is 4.86. The van der Waals surface area contributed by atoms with E-state index < -0.39 is 0 Å². The molecular weight excluding hydrogens is 220 g/mol. The van der Waals surface area contributed by atoms with Gasteiger partial charge in [-0.1, -0.05) is 13.8 Å². The number of rotatable bonds is 4. The van der Waals surface area contributed by atoms with Gasteiger partial charge in [-0.15, -0.1) is 0 Å². The van der Waals surface area contributed by atoms with Crippen LogP contribution in [0.15, 0.2) is 0 Å². The Morgan fingerprint density at radius 1 is 1.44 bits per heavy atom. The van der Waals surface area contributed by atoms with Gasteiger partial charge in [-0.3, -0.25) is 10.1 Å². The van der Waals surface area contributed by atoms with Crippen LogP contribution in [0.3, 0.4) is 0 Å². The van der Waals surface area contributed by atoms with Crippen molar-refractivity contribution in [2.45, 2.75) is 45.3 Å². The van der Waals surface area contributed by atoms with Gasteiger partial charge in [-0.2, -0.15) is 11.8 Å². The van der Waals surface area contributed by atoms with Crippen molar-refractivity contribution in [3.8, 4) is 0 Å². The molecule has 1 N–H and O–H groups in total. The third-order valence-electron chi connectivity index (χ3n) is 3.62. The van der Waals surface area contributed by atoms with Crippen molar-refractivity contribution in [2.75, 3.05) is 18.1 Å². The first-order chi connectivity index (χ1) is 7.76. The van der Waals surface area contributed by atoms with E-state index >= 15 is 0 Å². The molecule has 0 aromatic carbocycles. The molecule has 3 atom stereocenters. The van der Waals surface area contributed by atoms with Crippen LogP contribution in [-0.4, -0.2) is 41.1 Å². The third kappa shape index (κ3) is 2.38. The Labute approximate surface area is 102 Å². The van der Waals surface area contributed by atoms with Crippen LogP contribution in [-0.2, 0) is 4.79 Å². The molecular formula is C12H22N2OS. The maximum atomic E-state index is 12.2. The minimum Gasteiger partial charge on any atom is -0.325 e. The van der Waals surface area contributed by atoms with Crippen LogP contribution in [0.25, 0.3) is 0 Å². The molecule has 2 aliphatic rings. The van der Waals surface area contributed by atoms with Gasteiger partial charge >= 0.3 is 0 Å². The minimum atomic E-state index is 0.0685. The molecule has 16 heavy (non-hydrogen) atoms. The zero-order valence-electron chi connectivity index (χ0n) is 10.2. The van der Waals surface area contributed by atoms with E-state index in [0.717, 1.165) is 25.3 Å². The zero-order valence-corrected chi connectivity index (χ0v) is 11.1. The fourth-order valence-corrected chi connectivity index (χ4v) is 3.87. The highest BCUT2D eigenvalue weighted by Gasteiger charge is 2.37. The normalized spacial score (nSPS) is 35.0. The predicted octanol–water partition coefficient (Wildman–Crippen LogP) is 1.69. The van der Waals surface area contributed by atoms with Crippen LogP contribution in [0.1, 0.15) is 33.1 Å². The molecule has 0 spiro atoms. The number of nitrogens with zero attached hydrogens (tertiary/aromatic N) is 1. The number of amides is 1. The van der Waals surface area contributed by atoms with Crippen LogP contribution < -0.4 is 5.32 Å². The van der Waals surface area contributed by atoms with Gasteiger partial charge in [0.2, 0.25) is 5.91 Å². The highest BCUT2D eigenvalue weighted by molar-refractivity contribution is 7.99. The second-order valence-corrected chi connectivity index (χ2v) is 5.92. The predicted molar refractivity (Wildman–Crippen MR) is 68.4 cm³/mol. The fourth-order valence-electron chi connectivity index (χ4n) is 2.60. The molecule has 0 radical (unpaired) electrons. The number of thioether (sulfide) groups is 1. The Bertz CT molecular complexity index is 253. The van der Waals surface area contributed by atoms with Crippen LogP contribution in [0.4, 0.5) is 0 Å². The maximum absolute atomic E-state index is 12.2. The summed E-state index contributed by atoms with van der Waals surface area (Å²) in [5.74, 6) is 3.55. The molecule has 3 unspecified atom stereocenters. The van der Waals surface area contributed by atoms with Crippen molar-refractivity contribution < 1.29 is 4.79 Å². The molecule has 2 rings (SSSR count). The Hall–Kier alpha value is -0.220. The first-order valence-corrected chi connectivity index (χ1v) is 7.56. The molecule has 0 aliphatic carbocycles. The van der Waals surface area contributed by atoms with E-state index in [4.69, 9.17) is 0 Å². The van der Waals surface area contributed by atoms with Gasteiger partial charge in [-0.05, 0) is 36.7 Å². The number of nitrogens with one attached hydrogen (secondary N) is 1. The number of hydrogen-bond donors (Lipinski definition) is 1. The van der Waals surface area contributed by atoms with Crippen molar-refractivity contribution in [2.24, 2.45) is 5.92 Å². The van der Waals surface area contributed by atoms with E-state index in [9.17, 15) is 4.79 Å². The lowest BCUT2D eigenvalue weighted by Crippen LogP contribution is -2.40. The molecule has 1 amide bonds. The molecule has 2 aliphatic heterocycles. The first-order valence-electron chi connectivity index (χ1n) is 6.40. The number of carbonyl (C=O) groups excluding carboxylic acids is 1. The largest absolute Gasteiger partial charge is 0.325 e. The second-order valence-electron chi connectivity index (χ2n) is 4.77. The maximum Gasteiger partial charge on any atom is 0.241 e. The van der Waals surface area contributed by atoms with E-state index in [1.165, 1.54) is 17.9 Å². The average molecular weight is 242 g/mol. The summed E-state index contributed by atoms with van der Waals surface area (Å²) in [6.45, 7) is 5.20. The van der Waals surface area contributed by atoms with Crippen molar-refractivity contribution in [3.05, 3.63) is 0 Å². The molecule has 2 saturated heterocycles. The first kappa shape index (κ1) is 12.2. The lowest BCUT2D eigenvalue weighted by molar-refractivity contribution is -0.130. The molecule has 2 heterocycles. The van der Waals surface area contributed by atoms with Gasteiger partial charge in [0.25, 0.3) is 0 Å². The molecule has 3 nitrogen and oxygen atoms in total. The Kier molecular flexibility index (Phi) is 4.14. The van der Waals surface area contributed by atoms with Crippen LogP contribution in [0.2, 0.25) is 0 Å². The summed E-state index contributed by atoms with van der Waals surface area (Å²) < 4.78 is 0. The highest BCUT2D eigenvalue weighted by atomic mass is 32.2. The molecule has 0 bridgehead atoms. The smallest absolute Gasteiger partial charge is 0.241 e. The summed E-state index contributed by atoms with van der Waals surface area (Å²) in [5.41, 5.74) is 0. The quantitative estimate of drug-likeness (QED) is 0.814. The van der Waals surface area contributed by atoms with Gasteiger partial charge in [0, 0.05) is 6.54 Å². The summed E-state index contributed by atoms with van der Waals surface area (Å²) in [5, 5.41) is 3.43. The van der Waals surface area contributed by atoms with Gasteiger partial charge < -0.3 is 4.90 Å². The summed E-state index contributed by atoms with van der Waals surface area (Å²) in [6, 6.07) is 0.0685. The topological polar surface area (TPSA) is 32.3 Å². The minimum absolute atomic E-state index is 0.0685. The highest BCUT2D eigenvalue weighted by Crippen LogP contribution is 2.26. The van der Waals surface area contributed by atoms with Crippen molar-refractivity contribution >= 4 is 17.7 Å². The number of carbonyl (C=O) groups is 1. The van der Waals surface area contributed by atoms with Gasteiger partial charge in [-0.25, -0.2) is 0 Å². The van der Waals surface area contributed by atoms with E-state index in [1.54, 1.807) is 0 Å². The van der Waals surface area contributed by atoms with Crippen LogP contribution in [0.5, 0.6) is 0 Å². The molecule has 0 aromatic rings. The fraction of sp³-hybridized carbons (Fsp3) is 0.917. The molecule has 92 valence electrons. The van der Waals surface area contributed by atoms with Gasteiger partial charge in [0.1, 0.15) is 0 Å². The SMILES string of the molecule is CCC1NC(CC)N(CC2CCSC2)C1=O. The van der Waals surface area contributed by atoms with Crippen molar-refractivity contribution in [1.82, 2.24) is 10.2 Å². The summed E-state index contributed by atoms with van der Waals surface area (Å²) in [6.07, 6.45) is 3.48. The second kappa shape index (κ2) is 5.41. The number of hydrogen-bond acceptors (Lipinski definition) is 3. The van der Waals surface area contributed by atoms with Crippen LogP contribution in [0, 0.1) is 5.92 Å². The Balaban J connectivity index is 1.97. The van der Waals surface area contributed by atoms with Crippen LogP contribution >= 0.6 is 11.8 Å². The Morgan fingerprint density at radius 3 is 2.81 bits per heavy atom. The lowest BCUT2D eigenvalue weighted by Gasteiger charge is -2.25. The van der Waals surface area contributed by atoms with Crippen molar-refractivity contribution in [1.29, 1.82) is 0 Å². The average Bonchev–Trinajstić information content (AvgIpc) is 2.89. The monoisotopic (exact) mass is 242 g/mol. The molecule has 0 aromatic heterocycles. The van der Waals surface area contributed by atoms with E-state index in [2.05, 4.69) is 24.1 Å². The molecule has 0 saturated carbocycles.